The zero-order valence-electron chi connectivity index (χ0n) is 15.0. The first kappa shape index (κ1) is 16.5. The molecule has 2 atom stereocenters. The predicted octanol–water partition coefficient (Wildman–Crippen LogP) is 4.87. The minimum absolute atomic E-state index is 0.205. The molecule has 0 aliphatic carbocycles. The standard InChI is InChI=1S/C23H27NO/c1-2-17-9-6-10-19(13-17)23(25)20-14-21-11-12-22(15-20)24(21)16-18-7-4-3-5-8-18/h3-10,13,20-22H,2,11-12,14-16H2,1H3. The molecule has 130 valence electrons. The van der Waals surface area contributed by atoms with Crippen LogP contribution in [0.3, 0.4) is 0 Å². The molecule has 0 aromatic heterocycles. The van der Waals surface area contributed by atoms with E-state index in [1.165, 1.54) is 24.0 Å². The van der Waals surface area contributed by atoms with Crippen molar-refractivity contribution in [3.63, 3.8) is 0 Å². The summed E-state index contributed by atoms with van der Waals surface area (Å²) in [4.78, 5) is 15.7. The number of benzene rings is 2. The van der Waals surface area contributed by atoms with Gasteiger partial charge in [0, 0.05) is 30.1 Å². The summed E-state index contributed by atoms with van der Waals surface area (Å²) < 4.78 is 0. The molecule has 2 aromatic rings. The fourth-order valence-electron chi connectivity index (χ4n) is 4.72. The van der Waals surface area contributed by atoms with Crippen molar-refractivity contribution in [3.8, 4) is 0 Å². The summed E-state index contributed by atoms with van der Waals surface area (Å²) >= 11 is 0. The summed E-state index contributed by atoms with van der Waals surface area (Å²) in [6.07, 6.45) is 5.53. The maximum atomic E-state index is 13.0. The average Bonchev–Trinajstić information content (AvgIpc) is 2.90. The van der Waals surface area contributed by atoms with Gasteiger partial charge in [-0.3, -0.25) is 9.69 Å². The Morgan fingerprint density at radius 2 is 1.64 bits per heavy atom. The molecule has 0 radical (unpaired) electrons. The smallest absolute Gasteiger partial charge is 0.166 e. The molecule has 0 amide bonds. The number of piperidine rings is 1. The number of nitrogens with zero attached hydrogens (tertiary/aromatic N) is 1. The van der Waals surface area contributed by atoms with Gasteiger partial charge in [-0.2, -0.15) is 0 Å². The Morgan fingerprint density at radius 1 is 0.960 bits per heavy atom. The molecule has 25 heavy (non-hydrogen) atoms. The Morgan fingerprint density at radius 3 is 2.32 bits per heavy atom. The fourth-order valence-corrected chi connectivity index (χ4v) is 4.72. The van der Waals surface area contributed by atoms with E-state index in [4.69, 9.17) is 0 Å². The maximum Gasteiger partial charge on any atom is 0.166 e. The Balaban J connectivity index is 1.46. The second kappa shape index (κ2) is 7.13. The van der Waals surface area contributed by atoms with Crippen LogP contribution >= 0.6 is 0 Å². The van der Waals surface area contributed by atoms with Crippen molar-refractivity contribution in [2.24, 2.45) is 5.92 Å². The van der Waals surface area contributed by atoms with Crippen LogP contribution in [0.15, 0.2) is 54.6 Å². The quantitative estimate of drug-likeness (QED) is 0.727. The van der Waals surface area contributed by atoms with Crippen molar-refractivity contribution in [2.75, 3.05) is 0 Å². The van der Waals surface area contributed by atoms with E-state index < -0.39 is 0 Å². The number of carbonyl (C=O) groups is 1. The van der Waals surface area contributed by atoms with E-state index in [1.54, 1.807) is 0 Å². The molecule has 2 saturated heterocycles. The zero-order valence-corrected chi connectivity index (χ0v) is 15.0. The molecule has 0 N–H and O–H groups in total. The number of Topliss-reactive ketones (excluding diaryl/α,β-unsaturated/α-hetero) is 1. The molecule has 2 bridgehead atoms. The lowest BCUT2D eigenvalue weighted by molar-refractivity contribution is 0.0678. The Bertz CT molecular complexity index is 725. The number of hydrogen-bond donors (Lipinski definition) is 0. The second-order valence-electron chi connectivity index (χ2n) is 7.63. The van der Waals surface area contributed by atoms with Crippen molar-refractivity contribution in [1.29, 1.82) is 0 Å². The minimum Gasteiger partial charge on any atom is -0.294 e. The van der Waals surface area contributed by atoms with Gasteiger partial charge in [-0.05, 0) is 49.3 Å². The van der Waals surface area contributed by atoms with Gasteiger partial charge in [-0.1, -0.05) is 55.5 Å². The normalized spacial score (nSPS) is 25.9. The summed E-state index contributed by atoms with van der Waals surface area (Å²) in [6, 6.07) is 20.1. The van der Waals surface area contributed by atoms with Gasteiger partial charge in [0.25, 0.3) is 0 Å². The van der Waals surface area contributed by atoms with Gasteiger partial charge in [-0.15, -0.1) is 0 Å². The highest BCUT2D eigenvalue weighted by Gasteiger charge is 2.42. The lowest BCUT2D eigenvalue weighted by Crippen LogP contribution is -2.44. The largest absolute Gasteiger partial charge is 0.294 e. The van der Waals surface area contributed by atoms with E-state index >= 15 is 0 Å². The van der Waals surface area contributed by atoms with Gasteiger partial charge >= 0.3 is 0 Å². The highest BCUT2D eigenvalue weighted by atomic mass is 16.1. The van der Waals surface area contributed by atoms with E-state index in [9.17, 15) is 4.79 Å². The third kappa shape index (κ3) is 3.41. The molecule has 0 spiro atoms. The molecular formula is C23H27NO. The molecule has 2 aliphatic heterocycles. The van der Waals surface area contributed by atoms with Crippen LogP contribution in [0.1, 0.15) is 54.1 Å². The Labute approximate surface area is 150 Å². The van der Waals surface area contributed by atoms with Crippen LogP contribution in [0.4, 0.5) is 0 Å². The van der Waals surface area contributed by atoms with E-state index in [2.05, 4.69) is 54.3 Å². The van der Waals surface area contributed by atoms with E-state index in [0.717, 1.165) is 31.4 Å². The first-order valence-electron chi connectivity index (χ1n) is 9.67. The molecule has 0 saturated carbocycles. The summed E-state index contributed by atoms with van der Waals surface area (Å²) in [5.74, 6) is 0.572. The van der Waals surface area contributed by atoms with Gasteiger partial charge in [-0.25, -0.2) is 0 Å². The molecule has 2 unspecified atom stereocenters. The zero-order chi connectivity index (χ0) is 17.2. The van der Waals surface area contributed by atoms with E-state index in [0.29, 0.717) is 17.9 Å². The van der Waals surface area contributed by atoms with E-state index in [1.807, 2.05) is 12.1 Å². The van der Waals surface area contributed by atoms with Crippen LogP contribution < -0.4 is 0 Å². The Kier molecular flexibility index (Phi) is 4.72. The first-order chi connectivity index (χ1) is 12.2. The van der Waals surface area contributed by atoms with Crippen molar-refractivity contribution >= 4 is 5.78 Å². The summed E-state index contributed by atoms with van der Waals surface area (Å²) in [6.45, 7) is 3.17. The highest BCUT2D eigenvalue weighted by Crippen LogP contribution is 2.40. The molecule has 4 rings (SSSR count). The number of aryl methyl sites for hydroxylation is 1. The predicted molar refractivity (Wildman–Crippen MR) is 102 cm³/mol. The maximum absolute atomic E-state index is 13.0. The van der Waals surface area contributed by atoms with Gasteiger partial charge in [0.05, 0.1) is 0 Å². The summed E-state index contributed by atoms with van der Waals surface area (Å²) in [5, 5.41) is 0. The SMILES string of the molecule is CCc1cccc(C(=O)C2CC3CCC(C2)N3Cc2ccccc2)c1. The van der Waals surface area contributed by atoms with Crippen LogP contribution in [-0.2, 0) is 13.0 Å². The monoisotopic (exact) mass is 333 g/mol. The number of ketones is 1. The molecule has 2 nitrogen and oxygen atoms in total. The number of hydrogen-bond acceptors (Lipinski definition) is 2. The van der Waals surface area contributed by atoms with Crippen LogP contribution in [-0.4, -0.2) is 22.8 Å². The molecule has 2 fully saturated rings. The van der Waals surface area contributed by atoms with Crippen molar-refractivity contribution < 1.29 is 4.79 Å². The third-order valence-electron chi connectivity index (χ3n) is 6.08. The van der Waals surface area contributed by atoms with Crippen LogP contribution in [0, 0.1) is 5.92 Å². The molecule has 2 aromatic carbocycles. The number of carbonyl (C=O) groups excluding carboxylic acids is 1. The van der Waals surface area contributed by atoms with Gasteiger partial charge in [0.15, 0.2) is 5.78 Å². The first-order valence-corrected chi connectivity index (χ1v) is 9.67. The van der Waals surface area contributed by atoms with E-state index in [-0.39, 0.29) is 5.92 Å². The topological polar surface area (TPSA) is 20.3 Å². The molecule has 2 heteroatoms. The number of fused-ring (bicyclic) bond motifs is 2. The fraction of sp³-hybridized carbons (Fsp3) is 0.435. The lowest BCUT2D eigenvalue weighted by Gasteiger charge is -2.38. The molecular weight excluding hydrogens is 306 g/mol. The van der Waals surface area contributed by atoms with Gasteiger partial charge < -0.3 is 0 Å². The highest BCUT2D eigenvalue weighted by molar-refractivity contribution is 5.98. The number of rotatable bonds is 5. The van der Waals surface area contributed by atoms with Gasteiger partial charge in [0.2, 0.25) is 0 Å². The third-order valence-corrected chi connectivity index (χ3v) is 6.08. The van der Waals surface area contributed by atoms with Crippen LogP contribution in [0.2, 0.25) is 0 Å². The van der Waals surface area contributed by atoms with Crippen molar-refractivity contribution in [2.45, 2.75) is 57.7 Å². The van der Waals surface area contributed by atoms with Crippen LogP contribution in [0.25, 0.3) is 0 Å². The van der Waals surface area contributed by atoms with Gasteiger partial charge in [0.1, 0.15) is 0 Å². The summed E-state index contributed by atoms with van der Waals surface area (Å²) in [5.41, 5.74) is 3.57. The van der Waals surface area contributed by atoms with Crippen LogP contribution in [0.5, 0.6) is 0 Å². The second-order valence-corrected chi connectivity index (χ2v) is 7.63. The molecule has 2 heterocycles. The Hall–Kier alpha value is -1.93. The lowest BCUT2D eigenvalue weighted by atomic mass is 9.84. The summed E-state index contributed by atoms with van der Waals surface area (Å²) in [7, 11) is 0. The molecule has 2 aliphatic rings. The van der Waals surface area contributed by atoms with Crippen molar-refractivity contribution in [3.05, 3.63) is 71.3 Å². The minimum atomic E-state index is 0.205. The van der Waals surface area contributed by atoms with Crippen molar-refractivity contribution in [1.82, 2.24) is 4.90 Å². The average molecular weight is 333 g/mol.